The summed E-state index contributed by atoms with van der Waals surface area (Å²) in [5, 5.41) is 24.8. The Morgan fingerprint density at radius 2 is 2.16 bits per heavy atom. The second-order valence-corrected chi connectivity index (χ2v) is 11.4. The molecule has 2 aliphatic carbocycles. The van der Waals surface area contributed by atoms with Crippen LogP contribution < -0.4 is 5.32 Å². The van der Waals surface area contributed by atoms with E-state index in [1.807, 2.05) is 18.4 Å². The molecule has 0 spiro atoms. The fraction of sp³-hybridized carbons (Fsp3) is 0.455. The molecule has 1 saturated carbocycles. The number of nitrogens with one attached hydrogen (secondary N) is 1. The molecule has 1 N–H and O–H groups in total. The van der Waals surface area contributed by atoms with E-state index in [1.165, 1.54) is 23.1 Å². The number of rotatable bonds is 6. The van der Waals surface area contributed by atoms with Crippen LogP contribution in [0.3, 0.4) is 0 Å². The van der Waals surface area contributed by atoms with E-state index in [0.29, 0.717) is 16.6 Å². The molecule has 0 aromatic carbocycles. The maximum Gasteiger partial charge on any atom is 0.238 e. The number of fused-ring (bicyclic) bond motifs is 1. The second-order valence-electron chi connectivity index (χ2n) is 8.01. The summed E-state index contributed by atoms with van der Waals surface area (Å²) in [6, 6.07) is 6.84. The van der Waals surface area contributed by atoms with Gasteiger partial charge >= 0.3 is 0 Å². The average molecular weight is 470 g/mol. The Hall–Kier alpha value is -2.15. The monoisotopic (exact) mass is 469 g/mol. The van der Waals surface area contributed by atoms with Gasteiger partial charge in [0.1, 0.15) is 11.1 Å². The maximum absolute atomic E-state index is 13.0. The Morgan fingerprint density at radius 1 is 1.32 bits per heavy atom. The molecule has 1 amide bonds. The number of thiophene rings is 2. The van der Waals surface area contributed by atoms with Crippen LogP contribution in [0.4, 0.5) is 5.00 Å². The van der Waals surface area contributed by atoms with Gasteiger partial charge in [-0.3, -0.25) is 9.36 Å². The number of hydrogen-bond donors (Lipinski definition) is 1. The van der Waals surface area contributed by atoms with Gasteiger partial charge in [-0.15, -0.1) is 32.9 Å². The van der Waals surface area contributed by atoms with E-state index in [-0.39, 0.29) is 11.2 Å². The van der Waals surface area contributed by atoms with E-state index in [0.717, 1.165) is 59.9 Å². The third kappa shape index (κ3) is 4.16. The van der Waals surface area contributed by atoms with Crippen LogP contribution in [0.25, 0.3) is 10.7 Å². The van der Waals surface area contributed by atoms with Crippen molar-refractivity contribution in [2.75, 3.05) is 5.32 Å². The fourth-order valence-electron chi connectivity index (χ4n) is 3.97. The van der Waals surface area contributed by atoms with E-state index in [4.69, 9.17) is 0 Å². The molecule has 1 fully saturated rings. The lowest BCUT2D eigenvalue weighted by Gasteiger charge is -2.13. The lowest BCUT2D eigenvalue weighted by Crippen LogP contribution is -2.23. The van der Waals surface area contributed by atoms with Crippen molar-refractivity contribution in [2.24, 2.45) is 0 Å². The van der Waals surface area contributed by atoms with E-state index in [2.05, 4.69) is 32.2 Å². The molecule has 0 saturated heterocycles. The van der Waals surface area contributed by atoms with E-state index in [9.17, 15) is 10.1 Å². The minimum absolute atomic E-state index is 0.0964. The van der Waals surface area contributed by atoms with Crippen molar-refractivity contribution in [3.63, 3.8) is 0 Å². The largest absolute Gasteiger partial charge is 0.316 e. The van der Waals surface area contributed by atoms with Crippen LogP contribution in [-0.4, -0.2) is 25.9 Å². The van der Waals surface area contributed by atoms with Crippen molar-refractivity contribution in [3.8, 4) is 16.8 Å². The Labute approximate surface area is 193 Å². The molecular formula is C22H23N5OS3. The molecule has 31 heavy (non-hydrogen) atoms. The molecule has 2 aliphatic rings. The number of anilines is 1. The molecular weight excluding hydrogens is 446 g/mol. The highest BCUT2D eigenvalue weighted by molar-refractivity contribution is 8.00. The average Bonchev–Trinajstić information content (AvgIpc) is 3.23. The van der Waals surface area contributed by atoms with Crippen molar-refractivity contribution < 1.29 is 4.79 Å². The molecule has 9 heteroatoms. The Morgan fingerprint density at radius 3 is 2.90 bits per heavy atom. The fourth-order valence-corrected chi connectivity index (χ4v) is 6.83. The van der Waals surface area contributed by atoms with Gasteiger partial charge in [-0.25, -0.2) is 0 Å². The van der Waals surface area contributed by atoms with Crippen molar-refractivity contribution in [2.45, 2.75) is 68.3 Å². The zero-order chi connectivity index (χ0) is 21.4. The molecule has 0 bridgehead atoms. The Balaban J connectivity index is 1.34. The summed E-state index contributed by atoms with van der Waals surface area (Å²) >= 11 is 4.67. The normalized spacial score (nSPS) is 16.9. The van der Waals surface area contributed by atoms with Gasteiger partial charge in [0.25, 0.3) is 0 Å². The third-order valence-electron chi connectivity index (χ3n) is 5.74. The van der Waals surface area contributed by atoms with Crippen molar-refractivity contribution in [3.05, 3.63) is 33.5 Å². The van der Waals surface area contributed by atoms with Gasteiger partial charge in [-0.1, -0.05) is 24.2 Å². The lowest BCUT2D eigenvalue weighted by atomic mass is 10.1. The van der Waals surface area contributed by atoms with Crippen molar-refractivity contribution >= 4 is 45.3 Å². The summed E-state index contributed by atoms with van der Waals surface area (Å²) in [5.74, 6) is 0.794. The summed E-state index contributed by atoms with van der Waals surface area (Å²) in [6.07, 6.45) is 7.66. The number of aryl methyl sites for hydroxylation is 1. The summed E-state index contributed by atoms with van der Waals surface area (Å²) in [6.45, 7) is 1.89. The zero-order valence-corrected chi connectivity index (χ0v) is 19.7. The minimum atomic E-state index is -0.341. The standard InChI is InChI=1S/C22H23N5OS3/c1-13(20(28)24-21-16(12-23)15-6-3-2-4-7-17(15)31-21)30-22-26-25-19(18-8-5-11-29-18)27(22)14-9-10-14/h5,8,11,13-14H,2-4,6-7,9-10H2,1H3,(H,24,28)/t13-/m1/s1. The molecule has 160 valence electrons. The first-order chi connectivity index (χ1) is 15.2. The quantitative estimate of drug-likeness (QED) is 0.372. The molecule has 3 aromatic rings. The van der Waals surface area contributed by atoms with Crippen LogP contribution in [0.2, 0.25) is 0 Å². The van der Waals surface area contributed by atoms with Gasteiger partial charge in [0, 0.05) is 10.9 Å². The molecule has 3 heterocycles. The molecule has 0 radical (unpaired) electrons. The summed E-state index contributed by atoms with van der Waals surface area (Å²) in [7, 11) is 0. The van der Waals surface area contributed by atoms with Crippen LogP contribution in [0.5, 0.6) is 0 Å². The highest BCUT2D eigenvalue weighted by Crippen LogP contribution is 2.43. The van der Waals surface area contributed by atoms with Crippen LogP contribution in [0, 0.1) is 11.3 Å². The number of nitrogens with zero attached hydrogens (tertiary/aromatic N) is 4. The highest BCUT2D eigenvalue weighted by atomic mass is 32.2. The molecule has 6 nitrogen and oxygen atoms in total. The molecule has 0 unspecified atom stereocenters. The van der Waals surface area contributed by atoms with Crippen molar-refractivity contribution in [1.29, 1.82) is 5.26 Å². The van der Waals surface area contributed by atoms with Crippen LogP contribution in [0.1, 0.15) is 61.1 Å². The first-order valence-corrected chi connectivity index (χ1v) is 13.2. The van der Waals surface area contributed by atoms with Gasteiger partial charge < -0.3 is 5.32 Å². The Bertz CT molecular complexity index is 1140. The van der Waals surface area contributed by atoms with E-state index >= 15 is 0 Å². The summed E-state index contributed by atoms with van der Waals surface area (Å²) in [4.78, 5) is 15.4. The van der Waals surface area contributed by atoms with Crippen LogP contribution >= 0.6 is 34.4 Å². The van der Waals surface area contributed by atoms with Crippen LogP contribution in [0.15, 0.2) is 22.7 Å². The molecule has 0 aliphatic heterocycles. The van der Waals surface area contributed by atoms with Gasteiger partial charge in [-0.05, 0) is 62.5 Å². The topological polar surface area (TPSA) is 83.6 Å². The molecule has 1 atom stereocenters. The first-order valence-electron chi connectivity index (χ1n) is 10.7. The zero-order valence-electron chi connectivity index (χ0n) is 17.3. The SMILES string of the molecule is C[C@@H](Sc1nnc(-c2cccs2)n1C1CC1)C(=O)Nc1sc2c(c1C#N)CCCCC2. The number of carbonyl (C=O) groups excluding carboxylic acids is 1. The van der Waals surface area contributed by atoms with Gasteiger partial charge in [0.2, 0.25) is 5.91 Å². The number of thioether (sulfide) groups is 1. The number of carbonyl (C=O) groups is 1. The predicted octanol–water partition coefficient (Wildman–Crippen LogP) is 5.66. The molecule has 5 rings (SSSR count). The highest BCUT2D eigenvalue weighted by Gasteiger charge is 2.32. The predicted molar refractivity (Wildman–Crippen MR) is 126 cm³/mol. The van der Waals surface area contributed by atoms with Gasteiger partial charge in [-0.2, -0.15) is 5.26 Å². The lowest BCUT2D eigenvalue weighted by molar-refractivity contribution is -0.115. The van der Waals surface area contributed by atoms with Crippen LogP contribution in [-0.2, 0) is 17.6 Å². The van der Waals surface area contributed by atoms with E-state index < -0.39 is 0 Å². The number of amides is 1. The van der Waals surface area contributed by atoms with Gasteiger partial charge in [0.05, 0.1) is 15.7 Å². The third-order valence-corrected chi connectivity index (χ3v) is 8.87. The number of aromatic nitrogens is 3. The number of nitriles is 1. The van der Waals surface area contributed by atoms with Crippen molar-refractivity contribution in [1.82, 2.24) is 14.8 Å². The minimum Gasteiger partial charge on any atom is -0.316 e. The Kier molecular flexibility index (Phi) is 5.87. The summed E-state index contributed by atoms with van der Waals surface area (Å²) in [5.41, 5.74) is 1.81. The maximum atomic E-state index is 13.0. The smallest absolute Gasteiger partial charge is 0.238 e. The second kappa shape index (κ2) is 8.77. The number of hydrogen-bond acceptors (Lipinski definition) is 7. The van der Waals surface area contributed by atoms with Gasteiger partial charge in [0.15, 0.2) is 11.0 Å². The molecule has 3 aromatic heterocycles. The first kappa shape index (κ1) is 20.7. The summed E-state index contributed by atoms with van der Waals surface area (Å²) < 4.78 is 2.19. The van der Waals surface area contributed by atoms with E-state index in [1.54, 1.807) is 22.7 Å².